The summed E-state index contributed by atoms with van der Waals surface area (Å²) < 4.78 is 10.7. The van der Waals surface area contributed by atoms with Crippen LogP contribution in [0.2, 0.25) is 5.02 Å². The van der Waals surface area contributed by atoms with Crippen LogP contribution in [0.1, 0.15) is 28.6 Å². The number of rotatable bonds is 4. The Morgan fingerprint density at radius 2 is 2.12 bits per heavy atom. The van der Waals surface area contributed by atoms with Crippen LogP contribution in [-0.4, -0.2) is 22.5 Å². The molecule has 0 unspecified atom stereocenters. The monoisotopic (exact) mass is 345 g/mol. The third-order valence-electron chi connectivity index (χ3n) is 3.58. The Bertz CT molecular complexity index is 921. The normalized spacial score (nSPS) is 10.8. The average molecular weight is 346 g/mol. The molecule has 0 spiro atoms. The quantitative estimate of drug-likeness (QED) is 0.705. The van der Waals surface area contributed by atoms with Crippen molar-refractivity contribution >= 4 is 40.2 Å². The highest BCUT2D eigenvalue weighted by molar-refractivity contribution is 6.31. The van der Waals surface area contributed by atoms with Gasteiger partial charge in [0.2, 0.25) is 5.71 Å². The van der Waals surface area contributed by atoms with Crippen LogP contribution in [0.5, 0.6) is 0 Å². The van der Waals surface area contributed by atoms with Crippen LogP contribution in [0.15, 0.2) is 28.9 Å². The van der Waals surface area contributed by atoms with Crippen LogP contribution < -0.4 is 5.32 Å². The van der Waals surface area contributed by atoms with Crippen molar-refractivity contribution in [1.82, 2.24) is 9.97 Å². The maximum atomic E-state index is 12.3. The fourth-order valence-corrected chi connectivity index (χ4v) is 2.58. The van der Waals surface area contributed by atoms with Gasteiger partial charge in [-0.05, 0) is 38.5 Å². The molecule has 0 bridgehead atoms. The van der Waals surface area contributed by atoms with E-state index < -0.39 is 5.97 Å². The first-order valence-corrected chi connectivity index (χ1v) is 7.83. The van der Waals surface area contributed by atoms with E-state index >= 15 is 0 Å². The number of carbonyl (C=O) groups is 1. The van der Waals surface area contributed by atoms with Crippen molar-refractivity contribution in [3.8, 4) is 0 Å². The third-order valence-corrected chi connectivity index (χ3v) is 3.99. The van der Waals surface area contributed by atoms with Crippen LogP contribution in [0.3, 0.4) is 0 Å². The first kappa shape index (κ1) is 16.3. The Balaban J connectivity index is 2.10. The van der Waals surface area contributed by atoms with Crippen molar-refractivity contribution in [3.63, 3.8) is 0 Å². The van der Waals surface area contributed by atoms with Gasteiger partial charge in [0.05, 0.1) is 12.0 Å². The molecule has 124 valence electrons. The molecule has 0 radical (unpaired) electrons. The lowest BCUT2D eigenvalue weighted by molar-refractivity contribution is 0.0526. The average Bonchev–Trinajstić information content (AvgIpc) is 2.88. The fraction of sp³-hybridized carbons (Fsp3) is 0.235. The molecule has 0 aliphatic carbocycles. The zero-order valence-electron chi connectivity index (χ0n) is 13.5. The van der Waals surface area contributed by atoms with E-state index in [1.807, 2.05) is 19.1 Å². The number of esters is 1. The number of ether oxygens (including phenoxy) is 1. The van der Waals surface area contributed by atoms with E-state index in [1.165, 1.54) is 6.33 Å². The Morgan fingerprint density at radius 3 is 2.83 bits per heavy atom. The molecule has 6 nitrogen and oxygen atoms in total. The van der Waals surface area contributed by atoms with E-state index in [-0.39, 0.29) is 6.61 Å². The summed E-state index contributed by atoms with van der Waals surface area (Å²) in [6, 6.07) is 5.57. The number of anilines is 2. The molecule has 2 aromatic heterocycles. The summed E-state index contributed by atoms with van der Waals surface area (Å²) in [5.74, 6) is 0.433. The highest BCUT2D eigenvalue weighted by atomic mass is 35.5. The predicted molar refractivity (Wildman–Crippen MR) is 92.0 cm³/mol. The van der Waals surface area contributed by atoms with E-state index in [0.717, 1.165) is 11.3 Å². The lowest BCUT2D eigenvalue weighted by Crippen LogP contribution is -2.06. The first-order chi connectivity index (χ1) is 11.5. The minimum absolute atomic E-state index is 0.273. The van der Waals surface area contributed by atoms with Crippen molar-refractivity contribution in [3.05, 3.63) is 46.4 Å². The number of hydrogen-bond acceptors (Lipinski definition) is 6. The maximum absolute atomic E-state index is 12.3. The SMILES string of the molecule is CCOC(=O)c1c(C)oc2ncnc(Nc3ccc(C)c(Cl)c3)c12. The number of aryl methyl sites for hydroxylation is 2. The number of fused-ring (bicyclic) bond motifs is 1. The van der Waals surface area contributed by atoms with Crippen LogP contribution in [0, 0.1) is 13.8 Å². The van der Waals surface area contributed by atoms with Crippen molar-refractivity contribution in [1.29, 1.82) is 0 Å². The Morgan fingerprint density at radius 1 is 1.33 bits per heavy atom. The number of halogens is 1. The van der Waals surface area contributed by atoms with Gasteiger partial charge in [-0.3, -0.25) is 0 Å². The molecular weight excluding hydrogens is 330 g/mol. The molecule has 0 atom stereocenters. The summed E-state index contributed by atoms with van der Waals surface area (Å²) in [7, 11) is 0. The summed E-state index contributed by atoms with van der Waals surface area (Å²) >= 11 is 6.16. The van der Waals surface area contributed by atoms with Crippen LogP contribution in [0.25, 0.3) is 11.1 Å². The lowest BCUT2D eigenvalue weighted by Gasteiger charge is -2.08. The molecule has 0 aliphatic rings. The number of furan rings is 1. The van der Waals surface area contributed by atoms with E-state index in [1.54, 1.807) is 19.9 Å². The minimum Gasteiger partial charge on any atom is -0.462 e. The van der Waals surface area contributed by atoms with Crippen molar-refractivity contribution in [2.24, 2.45) is 0 Å². The van der Waals surface area contributed by atoms with Crippen molar-refractivity contribution < 1.29 is 13.9 Å². The Kier molecular flexibility index (Phi) is 4.40. The van der Waals surface area contributed by atoms with Gasteiger partial charge < -0.3 is 14.5 Å². The van der Waals surface area contributed by atoms with Crippen LogP contribution in [0.4, 0.5) is 11.5 Å². The fourth-order valence-electron chi connectivity index (χ4n) is 2.40. The van der Waals surface area contributed by atoms with Gasteiger partial charge >= 0.3 is 5.97 Å². The summed E-state index contributed by atoms with van der Waals surface area (Å²) in [6.07, 6.45) is 1.37. The largest absolute Gasteiger partial charge is 0.462 e. The molecule has 2 heterocycles. The van der Waals surface area contributed by atoms with E-state index in [0.29, 0.717) is 33.3 Å². The second-order valence-electron chi connectivity index (χ2n) is 5.25. The first-order valence-electron chi connectivity index (χ1n) is 7.45. The molecule has 0 aliphatic heterocycles. The predicted octanol–water partition coefficient (Wildman–Crippen LogP) is 4.41. The third kappa shape index (κ3) is 2.92. The second-order valence-corrected chi connectivity index (χ2v) is 5.65. The molecule has 3 rings (SSSR count). The van der Waals surface area contributed by atoms with Crippen LogP contribution in [-0.2, 0) is 4.74 Å². The van der Waals surface area contributed by atoms with Gasteiger partial charge in [-0.1, -0.05) is 17.7 Å². The highest BCUT2D eigenvalue weighted by Crippen LogP contribution is 2.32. The molecule has 7 heteroatoms. The molecule has 1 aromatic carbocycles. The molecule has 3 aromatic rings. The highest BCUT2D eigenvalue weighted by Gasteiger charge is 2.23. The zero-order chi connectivity index (χ0) is 17.3. The standard InChI is InChI=1S/C17H16ClN3O3/c1-4-23-17(22)13-10(3)24-16-14(13)15(19-8-20-16)21-11-6-5-9(2)12(18)7-11/h5-8H,4H2,1-3H3,(H,19,20,21). The zero-order valence-corrected chi connectivity index (χ0v) is 14.3. The topological polar surface area (TPSA) is 77.2 Å². The number of nitrogens with zero attached hydrogens (tertiary/aromatic N) is 2. The molecule has 0 fully saturated rings. The van der Waals surface area contributed by atoms with E-state index in [9.17, 15) is 4.79 Å². The maximum Gasteiger partial charge on any atom is 0.342 e. The van der Waals surface area contributed by atoms with E-state index in [4.69, 9.17) is 20.8 Å². The van der Waals surface area contributed by atoms with E-state index in [2.05, 4.69) is 15.3 Å². The number of aromatic nitrogens is 2. The molecule has 0 saturated heterocycles. The summed E-state index contributed by atoms with van der Waals surface area (Å²) in [5, 5.41) is 4.29. The molecule has 24 heavy (non-hydrogen) atoms. The van der Waals surface area contributed by atoms with Gasteiger partial charge in [0.15, 0.2) is 0 Å². The van der Waals surface area contributed by atoms with Gasteiger partial charge in [0.25, 0.3) is 0 Å². The number of nitrogens with one attached hydrogen (secondary N) is 1. The Labute approximate surface area is 143 Å². The van der Waals surface area contributed by atoms with Gasteiger partial charge in [0, 0.05) is 10.7 Å². The smallest absolute Gasteiger partial charge is 0.342 e. The van der Waals surface area contributed by atoms with Crippen molar-refractivity contribution in [2.75, 3.05) is 11.9 Å². The van der Waals surface area contributed by atoms with Crippen LogP contribution >= 0.6 is 11.6 Å². The number of benzene rings is 1. The molecule has 0 amide bonds. The molecular formula is C17H16ClN3O3. The second kappa shape index (κ2) is 6.49. The summed E-state index contributed by atoms with van der Waals surface area (Å²) in [5.41, 5.74) is 2.38. The van der Waals surface area contributed by atoms with Gasteiger partial charge in [-0.25, -0.2) is 14.8 Å². The number of hydrogen-bond donors (Lipinski definition) is 1. The van der Waals surface area contributed by atoms with Crippen molar-refractivity contribution in [2.45, 2.75) is 20.8 Å². The number of carbonyl (C=O) groups excluding carboxylic acids is 1. The molecule has 0 saturated carbocycles. The summed E-state index contributed by atoms with van der Waals surface area (Å²) in [6.45, 7) is 5.64. The van der Waals surface area contributed by atoms with Gasteiger partial charge in [0.1, 0.15) is 23.5 Å². The minimum atomic E-state index is -0.464. The molecule has 1 N–H and O–H groups in total. The Hall–Kier alpha value is -2.60. The van der Waals surface area contributed by atoms with Gasteiger partial charge in [-0.15, -0.1) is 0 Å². The van der Waals surface area contributed by atoms with Gasteiger partial charge in [-0.2, -0.15) is 0 Å². The lowest BCUT2D eigenvalue weighted by atomic mass is 10.1. The summed E-state index contributed by atoms with van der Waals surface area (Å²) in [4.78, 5) is 20.6.